The molecule has 1 saturated heterocycles. The van der Waals surface area contributed by atoms with Gasteiger partial charge in [0.25, 0.3) is 0 Å². The average molecular weight is 417 g/mol. The zero-order valence-corrected chi connectivity index (χ0v) is 15.2. The molecule has 0 aliphatic carbocycles. The monoisotopic (exact) mass is 417 g/mol. The second kappa shape index (κ2) is 9.68. The lowest BCUT2D eigenvalue weighted by Crippen LogP contribution is -2.45. The third-order valence-electron chi connectivity index (χ3n) is 4.68. The van der Waals surface area contributed by atoms with E-state index in [1.54, 1.807) is 0 Å². The Morgan fingerprint density at radius 2 is 1.76 bits per heavy atom. The SMILES string of the molecule is [N-]=[N+]=Nc1c(F)c(F)c(C(=O)[C@@H]2C(O)CCN2C(=O)CCCCCN)c(F)c1F. The third-order valence-corrected chi connectivity index (χ3v) is 4.68. The van der Waals surface area contributed by atoms with Crippen LogP contribution in [-0.2, 0) is 4.79 Å². The van der Waals surface area contributed by atoms with Gasteiger partial charge in [0.05, 0.1) is 11.7 Å². The van der Waals surface area contributed by atoms with Gasteiger partial charge in [0.1, 0.15) is 11.7 Å². The van der Waals surface area contributed by atoms with Gasteiger partial charge in [0, 0.05) is 17.9 Å². The highest BCUT2D eigenvalue weighted by molar-refractivity contribution is 6.03. The van der Waals surface area contributed by atoms with Crippen molar-refractivity contribution in [1.29, 1.82) is 0 Å². The number of unbranched alkanes of at least 4 members (excludes halogenated alkanes) is 2. The molecule has 3 N–H and O–H groups in total. The number of hydrogen-bond acceptors (Lipinski definition) is 5. The number of likely N-dealkylation sites (tertiary alicyclic amines) is 1. The van der Waals surface area contributed by atoms with Crippen molar-refractivity contribution >= 4 is 17.4 Å². The number of benzene rings is 1. The van der Waals surface area contributed by atoms with Crippen LogP contribution in [0.25, 0.3) is 10.4 Å². The molecule has 0 saturated carbocycles. The number of halogens is 4. The van der Waals surface area contributed by atoms with Crippen molar-refractivity contribution in [3.05, 3.63) is 39.3 Å². The highest BCUT2D eigenvalue weighted by atomic mass is 19.2. The topological polar surface area (TPSA) is 132 Å². The predicted octanol–water partition coefficient (Wildman–Crippen LogP) is 2.85. The summed E-state index contributed by atoms with van der Waals surface area (Å²) < 4.78 is 56.5. The zero-order valence-electron chi connectivity index (χ0n) is 15.2. The van der Waals surface area contributed by atoms with Crippen LogP contribution in [0, 0.1) is 23.3 Å². The Morgan fingerprint density at radius 3 is 2.31 bits per heavy atom. The molecular formula is C17H19F4N5O3. The minimum Gasteiger partial charge on any atom is -0.390 e. The summed E-state index contributed by atoms with van der Waals surface area (Å²) in [6, 6.07) is -1.69. The van der Waals surface area contributed by atoms with Crippen molar-refractivity contribution in [3.63, 3.8) is 0 Å². The first kappa shape index (κ1) is 22.6. The Hall–Kier alpha value is -2.69. The van der Waals surface area contributed by atoms with Crippen molar-refractivity contribution in [2.75, 3.05) is 13.1 Å². The molecule has 0 aromatic heterocycles. The standard InChI is InChI=1S/C17H19F4N5O3/c18-11-10(12(19)14(21)15(13(11)20)24-25-23)17(29)16-8(27)5-7-26(16)9(28)4-2-1-3-6-22/h8,16,27H,1-7,22H2/t8?,16-/m0/s1. The highest BCUT2D eigenvalue weighted by Crippen LogP contribution is 2.33. The van der Waals surface area contributed by atoms with Crippen molar-refractivity contribution in [1.82, 2.24) is 4.90 Å². The van der Waals surface area contributed by atoms with Gasteiger partial charge < -0.3 is 15.7 Å². The van der Waals surface area contributed by atoms with Crippen LogP contribution in [0.5, 0.6) is 0 Å². The fraction of sp³-hybridized carbons (Fsp3) is 0.529. The molecule has 1 aromatic rings. The fourth-order valence-corrected chi connectivity index (χ4v) is 3.23. The molecule has 1 fully saturated rings. The van der Waals surface area contributed by atoms with Crippen LogP contribution in [0.15, 0.2) is 5.11 Å². The van der Waals surface area contributed by atoms with E-state index in [9.17, 15) is 32.3 Å². The number of amides is 1. The highest BCUT2D eigenvalue weighted by Gasteiger charge is 2.44. The predicted molar refractivity (Wildman–Crippen MR) is 93.1 cm³/mol. The second-order valence-corrected chi connectivity index (χ2v) is 6.52. The number of ketones is 1. The van der Waals surface area contributed by atoms with Gasteiger partial charge in [-0.3, -0.25) is 9.59 Å². The summed E-state index contributed by atoms with van der Waals surface area (Å²) in [6.45, 7) is 0.386. The molecule has 0 spiro atoms. The Kier molecular flexibility index (Phi) is 7.54. The maximum Gasteiger partial charge on any atom is 0.223 e. The number of carbonyl (C=O) groups excluding carboxylic acids is 2. The van der Waals surface area contributed by atoms with Gasteiger partial charge in [-0.05, 0) is 31.3 Å². The number of hydrogen-bond donors (Lipinski definition) is 2. The molecule has 1 aliphatic rings. The first-order valence-corrected chi connectivity index (χ1v) is 8.89. The minimum absolute atomic E-state index is 0.0139. The van der Waals surface area contributed by atoms with Gasteiger partial charge in [-0.15, -0.1) is 0 Å². The van der Waals surface area contributed by atoms with Gasteiger partial charge in [-0.2, -0.15) is 0 Å². The van der Waals surface area contributed by atoms with Gasteiger partial charge in [0.15, 0.2) is 29.1 Å². The molecule has 1 aromatic carbocycles. The number of aliphatic hydroxyl groups excluding tert-OH is 1. The summed E-state index contributed by atoms with van der Waals surface area (Å²) in [4.78, 5) is 28.1. The molecule has 2 rings (SSSR count). The molecule has 158 valence electrons. The third kappa shape index (κ3) is 4.50. The molecule has 1 unspecified atom stereocenters. The van der Waals surface area contributed by atoms with E-state index in [-0.39, 0.29) is 19.4 Å². The van der Waals surface area contributed by atoms with E-state index in [1.807, 2.05) is 0 Å². The number of rotatable bonds is 8. The summed E-state index contributed by atoms with van der Waals surface area (Å²) in [5.41, 5.74) is 10.5. The number of azide groups is 1. The molecule has 1 heterocycles. The minimum atomic E-state index is -2.06. The summed E-state index contributed by atoms with van der Waals surface area (Å²) in [6.07, 6.45) is 0.298. The van der Waals surface area contributed by atoms with Crippen LogP contribution in [0.2, 0.25) is 0 Å². The quantitative estimate of drug-likeness (QED) is 0.128. The van der Waals surface area contributed by atoms with Crippen LogP contribution in [0.1, 0.15) is 42.5 Å². The average Bonchev–Trinajstić information content (AvgIpc) is 3.08. The number of Topliss-reactive ketones (excluding diaryl/α,β-unsaturated/α-hetero) is 1. The summed E-state index contributed by atoms with van der Waals surface area (Å²) in [5, 5.41) is 12.6. The zero-order chi connectivity index (χ0) is 21.7. The Labute approximate surface area is 162 Å². The molecule has 12 heteroatoms. The van der Waals surface area contributed by atoms with E-state index < -0.39 is 58.4 Å². The number of nitrogens with two attached hydrogens (primary N) is 1. The van der Waals surface area contributed by atoms with Crippen molar-refractivity contribution in [3.8, 4) is 0 Å². The number of aliphatic hydroxyl groups is 1. The normalized spacial score (nSPS) is 18.6. The maximum absolute atomic E-state index is 14.3. The van der Waals surface area contributed by atoms with Crippen LogP contribution < -0.4 is 5.73 Å². The molecule has 1 amide bonds. The van der Waals surface area contributed by atoms with Crippen LogP contribution >= 0.6 is 0 Å². The van der Waals surface area contributed by atoms with Crippen molar-refractivity contribution in [2.24, 2.45) is 10.8 Å². The van der Waals surface area contributed by atoms with E-state index in [2.05, 4.69) is 10.0 Å². The smallest absolute Gasteiger partial charge is 0.223 e. The summed E-state index contributed by atoms with van der Waals surface area (Å²) in [5.74, 6) is -10.2. The van der Waals surface area contributed by atoms with E-state index in [0.717, 1.165) is 4.90 Å². The van der Waals surface area contributed by atoms with Gasteiger partial charge in [-0.25, -0.2) is 17.6 Å². The van der Waals surface area contributed by atoms with E-state index in [4.69, 9.17) is 11.3 Å². The van der Waals surface area contributed by atoms with Crippen LogP contribution in [-0.4, -0.2) is 46.9 Å². The number of nitrogens with zero attached hydrogens (tertiary/aromatic N) is 4. The largest absolute Gasteiger partial charge is 0.390 e. The maximum atomic E-state index is 14.3. The van der Waals surface area contributed by atoms with E-state index in [0.29, 0.717) is 25.8 Å². The lowest BCUT2D eigenvalue weighted by molar-refractivity contribution is -0.132. The second-order valence-electron chi connectivity index (χ2n) is 6.52. The Bertz CT molecular complexity index is 831. The van der Waals surface area contributed by atoms with Crippen molar-refractivity contribution in [2.45, 2.75) is 44.2 Å². The molecular weight excluding hydrogens is 398 g/mol. The molecule has 0 radical (unpaired) electrons. The van der Waals surface area contributed by atoms with Gasteiger partial charge >= 0.3 is 0 Å². The first-order valence-electron chi connectivity index (χ1n) is 8.89. The fourth-order valence-electron chi connectivity index (χ4n) is 3.23. The molecule has 0 bridgehead atoms. The van der Waals surface area contributed by atoms with Gasteiger partial charge in [0.2, 0.25) is 5.91 Å². The van der Waals surface area contributed by atoms with Crippen LogP contribution in [0.3, 0.4) is 0 Å². The summed E-state index contributed by atoms with van der Waals surface area (Å²) >= 11 is 0. The Balaban J connectivity index is 2.36. The Morgan fingerprint density at radius 1 is 1.14 bits per heavy atom. The lowest BCUT2D eigenvalue weighted by Gasteiger charge is -2.26. The van der Waals surface area contributed by atoms with E-state index >= 15 is 0 Å². The number of carbonyl (C=O) groups is 2. The molecule has 1 aliphatic heterocycles. The van der Waals surface area contributed by atoms with Crippen LogP contribution in [0.4, 0.5) is 23.2 Å². The summed E-state index contributed by atoms with van der Waals surface area (Å²) in [7, 11) is 0. The molecule has 29 heavy (non-hydrogen) atoms. The van der Waals surface area contributed by atoms with E-state index in [1.165, 1.54) is 0 Å². The molecule has 2 atom stereocenters. The molecule has 8 nitrogen and oxygen atoms in total. The first-order chi connectivity index (χ1) is 13.8. The van der Waals surface area contributed by atoms with Gasteiger partial charge in [-0.1, -0.05) is 11.5 Å². The lowest BCUT2D eigenvalue weighted by atomic mass is 9.98. The van der Waals surface area contributed by atoms with Crippen molar-refractivity contribution < 1.29 is 32.3 Å².